The summed E-state index contributed by atoms with van der Waals surface area (Å²) in [6, 6.07) is 11.3. The number of benzene rings is 1. The average Bonchev–Trinajstić information content (AvgIpc) is 2.76. The Morgan fingerprint density at radius 1 is 1.12 bits per heavy atom. The third-order valence-corrected chi connectivity index (χ3v) is 4.82. The van der Waals surface area contributed by atoms with Crippen molar-refractivity contribution in [3.05, 3.63) is 59.3 Å². The van der Waals surface area contributed by atoms with Gasteiger partial charge in [0.15, 0.2) is 0 Å². The highest BCUT2D eigenvalue weighted by Crippen LogP contribution is 2.32. The van der Waals surface area contributed by atoms with Crippen LogP contribution in [0.2, 0.25) is 0 Å². The van der Waals surface area contributed by atoms with Crippen LogP contribution in [0.5, 0.6) is 11.6 Å². The molecule has 0 aliphatic rings. The van der Waals surface area contributed by atoms with Gasteiger partial charge in [0.05, 0.1) is 30.2 Å². The highest BCUT2D eigenvalue weighted by molar-refractivity contribution is 6.04. The number of pyridine rings is 2. The summed E-state index contributed by atoms with van der Waals surface area (Å²) < 4.78 is 11.1. The predicted octanol–water partition coefficient (Wildman–Crippen LogP) is 4.71. The Morgan fingerprint density at radius 3 is 2.59 bits per heavy atom. The van der Waals surface area contributed by atoms with Crippen molar-refractivity contribution in [3.63, 3.8) is 0 Å². The molecule has 2 heterocycles. The number of hydrogen-bond acceptors (Lipinski definition) is 7. The number of amidine groups is 1. The van der Waals surface area contributed by atoms with Crippen LogP contribution in [0.15, 0.2) is 47.6 Å². The van der Waals surface area contributed by atoms with Crippen LogP contribution in [-0.4, -0.2) is 36.1 Å². The first-order valence-corrected chi connectivity index (χ1v) is 10.4. The molecule has 0 fully saturated rings. The quantitative estimate of drug-likeness (QED) is 0.348. The van der Waals surface area contributed by atoms with E-state index in [9.17, 15) is 0 Å². The van der Waals surface area contributed by atoms with E-state index < -0.39 is 0 Å². The molecule has 0 aliphatic heterocycles. The van der Waals surface area contributed by atoms with E-state index in [2.05, 4.69) is 25.6 Å². The van der Waals surface area contributed by atoms with Gasteiger partial charge >= 0.3 is 0 Å². The van der Waals surface area contributed by atoms with Crippen molar-refractivity contribution in [2.24, 2.45) is 10.7 Å². The monoisotopic (exact) mass is 434 g/mol. The highest BCUT2D eigenvalue weighted by atomic mass is 16.5. The maximum atomic E-state index is 6.38. The van der Waals surface area contributed by atoms with Gasteiger partial charge in [-0.05, 0) is 45.4 Å². The zero-order chi connectivity index (χ0) is 23.3. The molecule has 168 valence electrons. The number of aliphatic imine (C=N–C) groups is 1. The number of nitrogens with two attached hydrogens (primary N) is 1. The summed E-state index contributed by atoms with van der Waals surface area (Å²) in [6.07, 6.45) is 1.73. The molecular formula is C24H30N6O2. The molecule has 0 bridgehead atoms. The molecule has 32 heavy (non-hydrogen) atoms. The smallest absolute Gasteiger partial charge is 0.215 e. The number of nitrogens with one attached hydrogen (secondary N) is 2. The average molecular weight is 435 g/mol. The van der Waals surface area contributed by atoms with Crippen LogP contribution in [0.25, 0.3) is 0 Å². The minimum atomic E-state index is 0.0465. The Kier molecular flexibility index (Phi) is 7.14. The highest BCUT2D eigenvalue weighted by Gasteiger charge is 2.12. The lowest BCUT2D eigenvalue weighted by Gasteiger charge is -2.14. The van der Waals surface area contributed by atoms with Gasteiger partial charge in [0.1, 0.15) is 23.2 Å². The van der Waals surface area contributed by atoms with Crippen molar-refractivity contribution in [1.82, 2.24) is 9.97 Å². The standard InChI is InChI=1S/C24H30N6O2/c1-14(2)32-22-9-7-8-20(29-22)28-21-12-18(26-5)17(13-27-21)24(25)30-23-15(3)10-11-19(31-6)16(23)4/h7-14H,1-6H3,(H2,25,30)(H2,26,27,28,29). The normalized spacial score (nSPS) is 11.4. The fraction of sp³-hybridized carbons (Fsp3) is 0.292. The van der Waals surface area contributed by atoms with Crippen molar-refractivity contribution in [1.29, 1.82) is 0 Å². The summed E-state index contributed by atoms with van der Waals surface area (Å²) in [5, 5.41) is 6.37. The Morgan fingerprint density at radius 2 is 1.91 bits per heavy atom. The Hall–Kier alpha value is -3.81. The lowest BCUT2D eigenvalue weighted by Crippen LogP contribution is -2.16. The predicted molar refractivity (Wildman–Crippen MR) is 130 cm³/mol. The van der Waals surface area contributed by atoms with Crippen LogP contribution in [-0.2, 0) is 0 Å². The van der Waals surface area contributed by atoms with Crippen LogP contribution >= 0.6 is 0 Å². The van der Waals surface area contributed by atoms with Gasteiger partial charge in [0.25, 0.3) is 0 Å². The number of aromatic nitrogens is 2. The number of aryl methyl sites for hydroxylation is 1. The Balaban J connectivity index is 1.90. The van der Waals surface area contributed by atoms with E-state index in [0.717, 1.165) is 28.3 Å². The summed E-state index contributed by atoms with van der Waals surface area (Å²) >= 11 is 0. The van der Waals surface area contributed by atoms with Gasteiger partial charge in [-0.3, -0.25) is 0 Å². The van der Waals surface area contributed by atoms with Gasteiger partial charge in [-0.1, -0.05) is 12.1 Å². The van der Waals surface area contributed by atoms with Gasteiger partial charge in [-0.25, -0.2) is 9.98 Å². The maximum Gasteiger partial charge on any atom is 0.215 e. The first kappa shape index (κ1) is 22.9. The van der Waals surface area contributed by atoms with Gasteiger partial charge in [-0.2, -0.15) is 4.98 Å². The summed E-state index contributed by atoms with van der Waals surface area (Å²) in [5.74, 6) is 2.93. The van der Waals surface area contributed by atoms with Crippen molar-refractivity contribution in [2.75, 3.05) is 24.8 Å². The van der Waals surface area contributed by atoms with E-state index in [1.807, 2.05) is 71.1 Å². The lowest BCUT2D eigenvalue weighted by molar-refractivity contribution is 0.233. The molecule has 0 unspecified atom stereocenters. The van der Waals surface area contributed by atoms with E-state index in [4.69, 9.17) is 15.2 Å². The molecule has 0 spiro atoms. The first-order chi connectivity index (χ1) is 15.3. The van der Waals surface area contributed by atoms with Gasteiger partial charge in [-0.15, -0.1) is 0 Å². The molecule has 1 aromatic carbocycles. The summed E-state index contributed by atoms with van der Waals surface area (Å²) in [7, 11) is 3.47. The van der Waals surface area contributed by atoms with Gasteiger partial charge < -0.3 is 25.8 Å². The second-order valence-electron chi connectivity index (χ2n) is 7.57. The summed E-state index contributed by atoms with van der Waals surface area (Å²) in [6.45, 7) is 7.88. The lowest BCUT2D eigenvalue weighted by atomic mass is 10.1. The molecule has 4 N–H and O–H groups in total. The summed E-state index contributed by atoms with van der Waals surface area (Å²) in [5.41, 5.74) is 10.6. The topological polar surface area (TPSA) is 107 Å². The van der Waals surface area contributed by atoms with Gasteiger partial charge in [0, 0.05) is 30.9 Å². The molecule has 0 amide bonds. The van der Waals surface area contributed by atoms with Gasteiger partial charge in [0.2, 0.25) is 5.88 Å². The van der Waals surface area contributed by atoms with Crippen LogP contribution in [0.4, 0.5) is 23.0 Å². The third kappa shape index (κ3) is 5.26. The van der Waals surface area contributed by atoms with E-state index in [1.165, 1.54) is 0 Å². The Labute approximate surface area is 188 Å². The largest absolute Gasteiger partial charge is 0.496 e. The molecule has 0 aliphatic carbocycles. The number of hydrogen-bond donors (Lipinski definition) is 3. The number of methoxy groups -OCH3 is 1. The Bertz CT molecular complexity index is 1130. The third-order valence-electron chi connectivity index (χ3n) is 4.82. The molecule has 3 rings (SSSR count). The van der Waals surface area contributed by atoms with Crippen LogP contribution < -0.4 is 25.8 Å². The number of nitrogens with zero attached hydrogens (tertiary/aromatic N) is 3. The first-order valence-electron chi connectivity index (χ1n) is 10.4. The van der Waals surface area contributed by atoms with Crippen molar-refractivity contribution in [3.8, 4) is 11.6 Å². The molecule has 0 radical (unpaired) electrons. The number of anilines is 3. The molecule has 8 nitrogen and oxygen atoms in total. The second kappa shape index (κ2) is 10.00. The van der Waals surface area contributed by atoms with Crippen LogP contribution in [0.3, 0.4) is 0 Å². The fourth-order valence-electron chi connectivity index (χ4n) is 3.25. The van der Waals surface area contributed by atoms with Crippen molar-refractivity contribution >= 4 is 28.8 Å². The molecule has 0 saturated carbocycles. The molecular weight excluding hydrogens is 404 g/mol. The van der Waals surface area contributed by atoms with Crippen LogP contribution in [0.1, 0.15) is 30.5 Å². The van der Waals surface area contributed by atoms with E-state index in [-0.39, 0.29) is 6.10 Å². The zero-order valence-corrected chi connectivity index (χ0v) is 19.4. The minimum absolute atomic E-state index is 0.0465. The molecule has 0 saturated heterocycles. The van der Waals surface area contributed by atoms with E-state index in [0.29, 0.717) is 28.9 Å². The molecule has 3 aromatic rings. The van der Waals surface area contributed by atoms with Crippen molar-refractivity contribution in [2.45, 2.75) is 33.8 Å². The van der Waals surface area contributed by atoms with E-state index in [1.54, 1.807) is 13.3 Å². The maximum absolute atomic E-state index is 6.38. The SMILES string of the molecule is CNc1cc(Nc2cccc(OC(C)C)n2)ncc1C(N)=Nc1c(C)ccc(OC)c1C. The number of ether oxygens (including phenoxy) is 2. The molecule has 0 atom stereocenters. The van der Waals surface area contributed by atoms with E-state index >= 15 is 0 Å². The minimum Gasteiger partial charge on any atom is -0.496 e. The number of rotatable bonds is 8. The van der Waals surface area contributed by atoms with Crippen LogP contribution in [0, 0.1) is 13.8 Å². The fourth-order valence-corrected chi connectivity index (χ4v) is 3.25. The second-order valence-corrected chi connectivity index (χ2v) is 7.57. The molecule has 8 heteroatoms. The van der Waals surface area contributed by atoms with Crippen molar-refractivity contribution < 1.29 is 9.47 Å². The zero-order valence-electron chi connectivity index (χ0n) is 19.4. The molecule has 2 aromatic heterocycles. The summed E-state index contributed by atoms with van der Waals surface area (Å²) in [4.78, 5) is 13.6.